The van der Waals surface area contributed by atoms with Gasteiger partial charge in [-0.05, 0) is 37.4 Å². The van der Waals surface area contributed by atoms with Crippen LogP contribution in [0.2, 0.25) is 0 Å². The van der Waals surface area contributed by atoms with Crippen LogP contribution in [-0.4, -0.2) is 0 Å². The molecular formula is C12H15NOS. The topological polar surface area (TPSA) is 25.2 Å². The number of aryl methyl sites for hydroxylation is 1. The molecule has 0 aliphatic heterocycles. The maximum absolute atomic E-state index is 5.49. The van der Waals surface area contributed by atoms with Gasteiger partial charge in [0.2, 0.25) is 0 Å². The molecule has 3 heteroatoms. The van der Waals surface area contributed by atoms with Crippen molar-refractivity contribution >= 4 is 11.3 Å². The highest BCUT2D eigenvalue weighted by atomic mass is 32.1. The maximum Gasteiger partial charge on any atom is 0.117 e. The molecule has 2 heterocycles. The van der Waals surface area contributed by atoms with E-state index < -0.39 is 0 Å². The number of nitrogens with one attached hydrogen (secondary N) is 1. The van der Waals surface area contributed by atoms with Crippen LogP contribution in [-0.2, 0) is 6.54 Å². The summed E-state index contributed by atoms with van der Waals surface area (Å²) < 4.78 is 5.49. The summed E-state index contributed by atoms with van der Waals surface area (Å²) in [4.78, 5) is 1.36. The van der Waals surface area contributed by atoms with Crippen LogP contribution in [0.3, 0.4) is 0 Å². The van der Waals surface area contributed by atoms with Crippen molar-refractivity contribution in [2.45, 2.75) is 26.4 Å². The monoisotopic (exact) mass is 221 g/mol. The molecule has 80 valence electrons. The van der Waals surface area contributed by atoms with Crippen LogP contribution in [0.4, 0.5) is 0 Å². The molecule has 0 unspecified atom stereocenters. The van der Waals surface area contributed by atoms with Gasteiger partial charge in [0.25, 0.3) is 0 Å². The minimum atomic E-state index is 0.385. The van der Waals surface area contributed by atoms with Gasteiger partial charge in [0.05, 0.1) is 6.54 Å². The first-order valence-electron chi connectivity index (χ1n) is 5.08. The molecule has 0 aromatic carbocycles. The van der Waals surface area contributed by atoms with E-state index >= 15 is 0 Å². The van der Waals surface area contributed by atoms with Crippen molar-refractivity contribution in [3.63, 3.8) is 0 Å². The van der Waals surface area contributed by atoms with Crippen molar-refractivity contribution < 1.29 is 4.42 Å². The van der Waals surface area contributed by atoms with Crippen LogP contribution in [0.25, 0.3) is 0 Å². The Balaban J connectivity index is 1.88. The summed E-state index contributed by atoms with van der Waals surface area (Å²) in [7, 11) is 0. The van der Waals surface area contributed by atoms with Gasteiger partial charge < -0.3 is 9.73 Å². The Bertz CT molecular complexity index is 405. The van der Waals surface area contributed by atoms with E-state index in [-0.39, 0.29) is 0 Å². The summed E-state index contributed by atoms with van der Waals surface area (Å²) in [6.07, 6.45) is 0. The Labute approximate surface area is 93.9 Å². The molecule has 2 rings (SSSR count). The Morgan fingerprint density at radius 1 is 1.40 bits per heavy atom. The molecule has 0 bridgehead atoms. The zero-order valence-electron chi connectivity index (χ0n) is 8.99. The maximum atomic E-state index is 5.49. The molecule has 0 aliphatic carbocycles. The second kappa shape index (κ2) is 4.64. The zero-order valence-corrected chi connectivity index (χ0v) is 9.80. The van der Waals surface area contributed by atoms with Crippen LogP contribution < -0.4 is 5.32 Å². The smallest absolute Gasteiger partial charge is 0.117 e. The molecule has 15 heavy (non-hydrogen) atoms. The second-order valence-electron chi connectivity index (χ2n) is 3.63. The van der Waals surface area contributed by atoms with Gasteiger partial charge in [-0.2, -0.15) is 0 Å². The Hall–Kier alpha value is -1.06. The van der Waals surface area contributed by atoms with E-state index in [4.69, 9.17) is 4.42 Å². The summed E-state index contributed by atoms with van der Waals surface area (Å²) in [6.45, 7) is 4.92. The molecule has 0 fully saturated rings. The highest BCUT2D eigenvalue weighted by molar-refractivity contribution is 7.10. The third kappa shape index (κ3) is 2.70. The van der Waals surface area contributed by atoms with Crippen molar-refractivity contribution in [3.05, 3.63) is 46.0 Å². The lowest BCUT2D eigenvalue weighted by atomic mass is 10.2. The van der Waals surface area contributed by atoms with Gasteiger partial charge in [0, 0.05) is 10.9 Å². The molecule has 0 radical (unpaired) electrons. The lowest BCUT2D eigenvalue weighted by molar-refractivity contribution is 0.446. The molecule has 0 saturated carbocycles. The Morgan fingerprint density at radius 2 is 2.27 bits per heavy atom. The SMILES string of the molecule is Cc1ccc(CN[C@@H](C)c2cccs2)o1. The first-order valence-corrected chi connectivity index (χ1v) is 5.96. The molecule has 0 amide bonds. The second-order valence-corrected chi connectivity index (χ2v) is 4.61. The number of rotatable bonds is 4. The predicted octanol–water partition coefficient (Wildman–Crippen LogP) is 3.50. The minimum absolute atomic E-state index is 0.385. The van der Waals surface area contributed by atoms with Crippen LogP contribution in [0.15, 0.2) is 34.1 Å². The number of hydrogen-bond donors (Lipinski definition) is 1. The number of furan rings is 1. The predicted molar refractivity (Wildman–Crippen MR) is 63.0 cm³/mol. The molecule has 2 aromatic heterocycles. The van der Waals surface area contributed by atoms with E-state index in [0.29, 0.717) is 6.04 Å². The van der Waals surface area contributed by atoms with Crippen LogP contribution in [0.5, 0.6) is 0 Å². The quantitative estimate of drug-likeness (QED) is 0.854. The van der Waals surface area contributed by atoms with Gasteiger partial charge in [0.15, 0.2) is 0 Å². The summed E-state index contributed by atoms with van der Waals surface area (Å²) in [5.41, 5.74) is 0. The van der Waals surface area contributed by atoms with E-state index in [1.807, 2.05) is 19.1 Å². The fraction of sp³-hybridized carbons (Fsp3) is 0.333. The third-order valence-corrected chi connectivity index (χ3v) is 3.40. The molecular weight excluding hydrogens is 206 g/mol. The zero-order chi connectivity index (χ0) is 10.7. The largest absolute Gasteiger partial charge is 0.465 e. The lowest BCUT2D eigenvalue weighted by Crippen LogP contribution is -2.16. The lowest BCUT2D eigenvalue weighted by Gasteiger charge is -2.10. The highest BCUT2D eigenvalue weighted by Gasteiger charge is 2.06. The van der Waals surface area contributed by atoms with E-state index in [0.717, 1.165) is 18.1 Å². The van der Waals surface area contributed by atoms with Gasteiger partial charge in [-0.15, -0.1) is 11.3 Å². The number of hydrogen-bond acceptors (Lipinski definition) is 3. The number of thiophene rings is 1. The van der Waals surface area contributed by atoms with Crippen LogP contribution >= 0.6 is 11.3 Å². The summed E-state index contributed by atoms with van der Waals surface area (Å²) in [5, 5.41) is 5.53. The van der Waals surface area contributed by atoms with Crippen LogP contribution in [0.1, 0.15) is 29.4 Å². The average molecular weight is 221 g/mol. The fourth-order valence-electron chi connectivity index (χ4n) is 1.47. The first kappa shape index (κ1) is 10.5. The Kier molecular flexibility index (Phi) is 3.23. The molecule has 0 saturated heterocycles. The molecule has 1 atom stereocenters. The summed E-state index contributed by atoms with van der Waals surface area (Å²) >= 11 is 1.78. The van der Waals surface area contributed by atoms with Gasteiger partial charge in [0.1, 0.15) is 11.5 Å². The standard InChI is InChI=1S/C12H15NOS/c1-9-5-6-11(14-9)8-13-10(2)12-4-3-7-15-12/h3-7,10,13H,8H2,1-2H3/t10-/m0/s1. The van der Waals surface area contributed by atoms with Crippen molar-refractivity contribution in [2.75, 3.05) is 0 Å². The summed E-state index contributed by atoms with van der Waals surface area (Å²) in [5.74, 6) is 1.96. The van der Waals surface area contributed by atoms with Gasteiger partial charge in [-0.3, -0.25) is 0 Å². The Morgan fingerprint density at radius 3 is 2.87 bits per heavy atom. The minimum Gasteiger partial charge on any atom is -0.465 e. The van der Waals surface area contributed by atoms with Crippen LogP contribution in [0, 0.1) is 6.92 Å². The van der Waals surface area contributed by atoms with Crippen molar-refractivity contribution in [2.24, 2.45) is 0 Å². The fourth-order valence-corrected chi connectivity index (χ4v) is 2.23. The van der Waals surface area contributed by atoms with Gasteiger partial charge in [-0.1, -0.05) is 6.07 Å². The van der Waals surface area contributed by atoms with E-state index in [9.17, 15) is 0 Å². The van der Waals surface area contributed by atoms with Crippen molar-refractivity contribution in [1.82, 2.24) is 5.32 Å². The normalized spacial score (nSPS) is 12.9. The molecule has 1 N–H and O–H groups in total. The molecule has 2 aromatic rings. The van der Waals surface area contributed by atoms with Crippen molar-refractivity contribution in [1.29, 1.82) is 0 Å². The molecule has 2 nitrogen and oxygen atoms in total. The van der Waals surface area contributed by atoms with Gasteiger partial charge >= 0.3 is 0 Å². The van der Waals surface area contributed by atoms with Crippen molar-refractivity contribution in [3.8, 4) is 0 Å². The van der Waals surface area contributed by atoms with E-state index in [1.165, 1.54) is 4.88 Å². The van der Waals surface area contributed by atoms with Gasteiger partial charge in [-0.25, -0.2) is 0 Å². The van der Waals surface area contributed by atoms with E-state index in [1.54, 1.807) is 11.3 Å². The first-order chi connectivity index (χ1) is 7.25. The van der Waals surface area contributed by atoms with E-state index in [2.05, 4.69) is 29.8 Å². The molecule has 0 aliphatic rings. The highest BCUT2D eigenvalue weighted by Crippen LogP contribution is 2.18. The molecule has 0 spiro atoms. The average Bonchev–Trinajstić information content (AvgIpc) is 2.84. The summed E-state index contributed by atoms with van der Waals surface area (Å²) in [6, 6.07) is 8.62. The third-order valence-electron chi connectivity index (χ3n) is 2.35.